The molecule has 3 heteroatoms. The fourth-order valence-corrected chi connectivity index (χ4v) is 3.82. The molecule has 2 nitrogen and oxygen atoms in total. The Bertz CT molecular complexity index is 1140. The van der Waals surface area contributed by atoms with Crippen molar-refractivity contribution in [3.63, 3.8) is 0 Å². The van der Waals surface area contributed by atoms with Crippen LogP contribution in [0.2, 0.25) is 0 Å². The van der Waals surface area contributed by atoms with Gasteiger partial charge in [-0.25, -0.2) is 0 Å². The van der Waals surface area contributed by atoms with Crippen LogP contribution in [0, 0.1) is 6.92 Å². The second-order valence-electron chi connectivity index (χ2n) is 7.33. The normalized spacial score (nSPS) is 12.8. The Morgan fingerprint density at radius 1 is 0.714 bits per heavy atom. The quantitative estimate of drug-likeness (QED) is 0.414. The molecule has 0 bridgehead atoms. The molecule has 0 fully saturated rings. The molecule has 0 radical (unpaired) electrons. The monoisotopic (exact) mass is 360 g/mol. The van der Waals surface area contributed by atoms with Gasteiger partial charge in [-0.15, -0.1) is 0 Å². The summed E-state index contributed by atoms with van der Waals surface area (Å²) < 4.78 is 0. The van der Waals surface area contributed by atoms with E-state index in [0.29, 0.717) is 0 Å². The molecular formula is C25H21BN2. The molecule has 1 heterocycles. The summed E-state index contributed by atoms with van der Waals surface area (Å²) in [6.45, 7) is 2.18. The van der Waals surface area contributed by atoms with Gasteiger partial charge in [0.05, 0.1) is 0 Å². The van der Waals surface area contributed by atoms with Crippen LogP contribution in [0.4, 0.5) is 11.4 Å². The predicted octanol–water partition coefficient (Wildman–Crippen LogP) is 6.39. The summed E-state index contributed by atoms with van der Waals surface area (Å²) in [5.41, 5.74) is 7.31. The average molecular weight is 360 g/mol. The maximum absolute atomic E-state index is 3.59. The first-order valence-electron chi connectivity index (χ1n) is 9.66. The molecule has 0 atom stereocenters. The van der Waals surface area contributed by atoms with E-state index in [9.17, 15) is 0 Å². The van der Waals surface area contributed by atoms with Crippen molar-refractivity contribution >= 4 is 35.2 Å². The minimum Gasteiger partial charge on any atom is -0.405 e. The highest BCUT2D eigenvalue weighted by atomic mass is 15.0. The molecule has 1 aliphatic rings. The zero-order valence-corrected chi connectivity index (χ0v) is 15.8. The van der Waals surface area contributed by atoms with Gasteiger partial charge in [0.2, 0.25) is 0 Å². The maximum Gasteiger partial charge on any atom is 0.398 e. The summed E-state index contributed by atoms with van der Waals surface area (Å²) in [7, 11) is 0. The number of aryl methyl sites for hydroxylation is 1. The zero-order valence-electron chi connectivity index (χ0n) is 15.8. The molecular weight excluding hydrogens is 339 g/mol. The van der Waals surface area contributed by atoms with Gasteiger partial charge in [0.1, 0.15) is 0 Å². The fourth-order valence-electron chi connectivity index (χ4n) is 3.82. The van der Waals surface area contributed by atoms with Gasteiger partial charge in [-0.1, -0.05) is 84.3 Å². The Hall–Kier alpha value is -3.46. The molecule has 0 amide bonds. The van der Waals surface area contributed by atoms with Crippen LogP contribution in [0.25, 0.3) is 28.0 Å². The van der Waals surface area contributed by atoms with E-state index in [0.717, 1.165) is 0 Å². The number of rotatable bonds is 3. The smallest absolute Gasteiger partial charge is 0.398 e. The Morgan fingerprint density at radius 2 is 1.39 bits per heavy atom. The Kier molecular flexibility index (Phi) is 4.14. The van der Waals surface area contributed by atoms with Crippen molar-refractivity contribution in [3.05, 3.63) is 102 Å². The summed E-state index contributed by atoms with van der Waals surface area (Å²) in [5.74, 6) is 2.18. The highest BCUT2D eigenvalue weighted by molar-refractivity contribution is 6.73. The summed E-state index contributed by atoms with van der Waals surface area (Å²) in [5, 5.41) is 9.69. The highest BCUT2D eigenvalue weighted by Gasteiger charge is 2.20. The van der Waals surface area contributed by atoms with Crippen LogP contribution in [0.5, 0.6) is 0 Å². The summed E-state index contributed by atoms with van der Waals surface area (Å²) in [6, 6.07) is 30.1. The lowest BCUT2D eigenvalue weighted by atomic mass is 9.73. The second kappa shape index (κ2) is 6.93. The molecule has 0 saturated carbocycles. The first-order valence-corrected chi connectivity index (χ1v) is 9.66. The van der Waals surface area contributed by atoms with E-state index in [1.165, 1.54) is 44.4 Å². The van der Waals surface area contributed by atoms with E-state index in [4.69, 9.17) is 0 Å². The number of benzene rings is 4. The van der Waals surface area contributed by atoms with Crippen LogP contribution in [0.15, 0.2) is 90.9 Å². The van der Waals surface area contributed by atoms with Crippen molar-refractivity contribution in [3.8, 4) is 11.1 Å². The van der Waals surface area contributed by atoms with E-state index in [2.05, 4.69) is 114 Å². The third-order valence-corrected chi connectivity index (χ3v) is 5.28. The van der Waals surface area contributed by atoms with Gasteiger partial charge >= 0.3 is 6.98 Å². The number of nitrogens with one attached hydrogen (secondary N) is 2. The minimum atomic E-state index is 0.0588. The van der Waals surface area contributed by atoms with Crippen molar-refractivity contribution in [1.29, 1.82) is 0 Å². The molecule has 2 N–H and O–H groups in total. The van der Waals surface area contributed by atoms with E-state index >= 15 is 0 Å². The molecule has 5 rings (SSSR count). The van der Waals surface area contributed by atoms with Crippen LogP contribution in [0.3, 0.4) is 0 Å². The van der Waals surface area contributed by atoms with Crippen molar-refractivity contribution in [2.24, 2.45) is 0 Å². The highest BCUT2D eigenvalue weighted by Crippen LogP contribution is 2.34. The van der Waals surface area contributed by atoms with Gasteiger partial charge in [0, 0.05) is 16.8 Å². The van der Waals surface area contributed by atoms with Crippen LogP contribution in [-0.2, 0) is 0 Å². The third-order valence-electron chi connectivity index (χ3n) is 5.28. The van der Waals surface area contributed by atoms with Crippen molar-refractivity contribution in [2.75, 3.05) is 10.5 Å². The molecule has 4 aromatic rings. The maximum atomic E-state index is 3.59. The third kappa shape index (κ3) is 3.16. The first-order chi connectivity index (χ1) is 13.8. The molecule has 0 saturated heterocycles. The molecule has 4 aromatic carbocycles. The molecule has 0 unspecified atom stereocenters. The number of anilines is 2. The molecule has 0 spiro atoms. The molecule has 0 aliphatic carbocycles. The Morgan fingerprint density at radius 3 is 2.11 bits per heavy atom. The summed E-state index contributed by atoms with van der Waals surface area (Å²) in [4.78, 5) is 0. The van der Waals surface area contributed by atoms with Crippen molar-refractivity contribution in [1.82, 2.24) is 0 Å². The lowest BCUT2D eigenvalue weighted by Gasteiger charge is -2.24. The van der Waals surface area contributed by atoms with Gasteiger partial charge in [-0.05, 0) is 47.2 Å². The van der Waals surface area contributed by atoms with Crippen molar-refractivity contribution < 1.29 is 0 Å². The topological polar surface area (TPSA) is 24.1 Å². The summed E-state index contributed by atoms with van der Waals surface area (Å²) in [6.07, 6.45) is 2.18. The van der Waals surface area contributed by atoms with E-state index in [1.807, 2.05) is 0 Å². The fraction of sp³-hybridized carbons (Fsp3) is 0.0400. The lowest BCUT2D eigenvalue weighted by molar-refractivity contribution is 1.47. The van der Waals surface area contributed by atoms with Crippen LogP contribution < -0.4 is 10.5 Å². The SMILES string of the molecule is Cc1ccc(-c2cccc(/C=C/B3Nc4cccc5cccc(c45)N3)c2)cc1. The van der Waals surface area contributed by atoms with Gasteiger partial charge in [-0.3, -0.25) is 0 Å². The van der Waals surface area contributed by atoms with E-state index < -0.39 is 0 Å². The second-order valence-corrected chi connectivity index (χ2v) is 7.33. The molecule has 28 heavy (non-hydrogen) atoms. The zero-order chi connectivity index (χ0) is 18.9. The van der Waals surface area contributed by atoms with E-state index in [1.54, 1.807) is 0 Å². The van der Waals surface area contributed by atoms with Gasteiger partial charge in [0.25, 0.3) is 0 Å². The van der Waals surface area contributed by atoms with Crippen LogP contribution in [-0.4, -0.2) is 6.98 Å². The van der Waals surface area contributed by atoms with Gasteiger partial charge in [0.15, 0.2) is 0 Å². The van der Waals surface area contributed by atoms with Crippen molar-refractivity contribution in [2.45, 2.75) is 6.92 Å². The van der Waals surface area contributed by atoms with Crippen LogP contribution >= 0.6 is 0 Å². The lowest BCUT2D eigenvalue weighted by Crippen LogP contribution is -2.35. The molecule has 134 valence electrons. The number of hydrogen-bond acceptors (Lipinski definition) is 2. The largest absolute Gasteiger partial charge is 0.405 e. The Balaban J connectivity index is 1.40. The molecule has 0 aromatic heterocycles. The van der Waals surface area contributed by atoms with E-state index in [-0.39, 0.29) is 6.98 Å². The molecule has 1 aliphatic heterocycles. The predicted molar refractivity (Wildman–Crippen MR) is 123 cm³/mol. The van der Waals surface area contributed by atoms with Crippen LogP contribution in [0.1, 0.15) is 11.1 Å². The Labute approximate surface area is 166 Å². The first kappa shape index (κ1) is 16.7. The standard InChI is InChI=1S/C25H21BN2/c1-18-11-13-20(14-12-18)22-8-2-5-19(17-22)15-16-26-27-23-9-3-6-21-7-4-10-24(28-26)25(21)23/h2-17,27-28H,1H3/b16-15+. The number of hydrogen-bond donors (Lipinski definition) is 2. The minimum absolute atomic E-state index is 0.0588. The summed E-state index contributed by atoms with van der Waals surface area (Å²) >= 11 is 0. The van der Waals surface area contributed by atoms with Gasteiger partial charge < -0.3 is 10.5 Å². The average Bonchev–Trinajstić information content (AvgIpc) is 2.73. The van der Waals surface area contributed by atoms with Gasteiger partial charge in [-0.2, -0.15) is 0 Å².